The average Bonchev–Trinajstić information content (AvgIpc) is 2.76. The van der Waals surface area contributed by atoms with E-state index in [1.54, 1.807) is 0 Å². The van der Waals surface area contributed by atoms with Crippen molar-refractivity contribution in [1.29, 1.82) is 0 Å². The number of anilines is 1. The zero-order valence-corrected chi connectivity index (χ0v) is 13.3. The second kappa shape index (κ2) is 5.57. The van der Waals surface area contributed by atoms with Crippen molar-refractivity contribution in [1.82, 2.24) is 0 Å². The first kappa shape index (κ1) is 15.9. The Kier molecular flexibility index (Phi) is 3.69. The van der Waals surface area contributed by atoms with E-state index in [-0.39, 0.29) is 26.8 Å². The molecule has 122 valence electrons. The van der Waals surface area contributed by atoms with E-state index in [0.717, 1.165) is 6.26 Å². The highest BCUT2D eigenvalue weighted by Crippen LogP contribution is 2.14. The predicted molar refractivity (Wildman–Crippen MR) is 89.3 cm³/mol. The minimum Gasteiger partial charge on any atom is -0.508 e. The number of phenolic OH excluding ortho intramolecular Hbond substituents is 1. The first-order valence-corrected chi connectivity index (χ1v) is 8.73. The molecule has 0 bridgehead atoms. The Morgan fingerprint density at radius 3 is 2.21 bits per heavy atom. The number of hydrogen-bond acceptors (Lipinski definition) is 7. The molecule has 0 aliphatic rings. The highest BCUT2D eigenvalue weighted by atomic mass is 32.2. The van der Waals surface area contributed by atoms with Crippen molar-refractivity contribution in [2.24, 2.45) is 5.10 Å². The van der Waals surface area contributed by atoms with Crippen LogP contribution in [0.25, 0.3) is 10.8 Å². The molecule has 0 aliphatic carbocycles. The van der Waals surface area contributed by atoms with Gasteiger partial charge in [-0.15, -0.1) is 0 Å². The lowest BCUT2D eigenvalue weighted by Crippen LogP contribution is -2.32. The summed E-state index contributed by atoms with van der Waals surface area (Å²) in [5, 5.41) is 13.2. The van der Waals surface area contributed by atoms with Gasteiger partial charge in [0.15, 0.2) is 15.2 Å². The minimum atomic E-state index is -3.30. The first-order chi connectivity index (χ1) is 11.3. The lowest BCUT2D eigenvalue weighted by molar-refractivity contribution is 0.476. The van der Waals surface area contributed by atoms with Crippen LogP contribution in [0.15, 0.2) is 62.1 Å². The fourth-order valence-corrected chi connectivity index (χ4v) is 2.91. The van der Waals surface area contributed by atoms with Crippen LogP contribution in [0.2, 0.25) is 0 Å². The van der Waals surface area contributed by atoms with Gasteiger partial charge in [-0.2, -0.15) is 5.10 Å². The molecule has 2 N–H and O–H groups in total. The van der Waals surface area contributed by atoms with Gasteiger partial charge in [-0.05, 0) is 42.5 Å². The van der Waals surface area contributed by atoms with Gasteiger partial charge in [-0.25, -0.2) is 8.42 Å². The van der Waals surface area contributed by atoms with Crippen molar-refractivity contribution in [2.45, 2.75) is 4.90 Å². The second-order valence-corrected chi connectivity index (χ2v) is 7.27. The van der Waals surface area contributed by atoms with Gasteiger partial charge < -0.3 is 5.11 Å². The molecule has 0 unspecified atom stereocenters. The van der Waals surface area contributed by atoms with Crippen LogP contribution in [0.4, 0.5) is 5.69 Å². The topological polar surface area (TPSA) is 113 Å². The molecule has 3 rings (SSSR count). The quantitative estimate of drug-likeness (QED) is 0.668. The highest BCUT2D eigenvalue weighted by Gasteiger charge is 2.11. The van der Waals surface area contributed by atoms with E-state index in [1.807, 2.05) is 0 Å². The van der Waals surface area contributed by atoms with Crippen molar-refractivity contribution in [3.05, 3.63) is 68.3 Å². The maximum Gasteiger partial charge on any atom is 0.218 e. The zero-order chi connectivity index (χ0) is 17.5. The third-order valence-corrected chi connectivity index (χ3v) is 4.63. The predicted octanol–water partition coefficient (Wildman–Crippen LogP) is 0.473. The van der Waals surface area contributed by atoms with Crippen molar-refractivity contribution >= 4 is 26.3 Å². The van der Waals surface area contributed by atoms with Crippen molar-refractivity contribution in [3.8, 4) is 5.75 Å². The number of aromatic hydroxyl groups is 1. The maximum absolute atomic E-state index is 12.2. The third kappa shape index (κ3) is 2.79. The number of phenols is 1. The number of benzene rings is 2. The molecular formula is C16H12N2O5S. The average molecular weight is 344 g/mol. The first-order valence-electron chi connectivity index (χ1n) is 6.83. The summed E-state index contributed by atoms with van der Waals surface area (Å²) in [4.78, 5) is 24.5. The normalized spacial score (nSPS) is 12.6. The second-order valence-electron chi connectivity index (χ2n) is 5.26. The van der Waals surface area contributed by atoms with Crippen LogP contribution in [-0.2, 0) is 9.84 Å². The molecule has 0 radical (unpaired) electrons. The molecule has 3 aromatic rings. The van der Waals surface area contributed by atoms with Crippen LogP contribution < -0.4 is 21.6 Å². The molecule has 0 saturated carbocycles. The Morgan fingerprint density at radius 1 is 0.958 bits per heavy atom. The highest BCUT2D eigenvalue weighted by molar-refractivity contribution is 7.90. The van der Waals surface area contributed by atoms with E-state index in [0.29, 0.717) is 5.69 Å². The molecule has 0 aromatic heterocycles. The van der Waals surface area contributed by atoms with E-state index in [9.17, 15) is 23.1 Å². The summed E-state index contributed by atoms with van der Waals surface area (Å²) in [6.45, 7) is 0. The summed E-state index contributed by atoms with van der Waals surface area (Å²) in [5.41, 5.74) is 1.88. The number of nitrogens with zero attached hydrogens (tertiary/aromatic N) is 1. The Hall–Kier alpha value is -3.00. The van der Waals surface area contributed by atoms with Gasteiger partial charge in [0.1, 0.15) is 5.75 Å². The van der Waals surface area contributed by atoms with Crippen LogP contribution in [0, 0.1) is 0 Å². The molecule has 0 aliphatic heterocycles. The fraction of sp³-hybridized carbons (Fsp3) is 0.0625. The van der Waals surface area contributed by atoms with Crippen LogP contribution in [0.3, 0.4) is 0 Å². The molecule has 7 nitrogen and oxygen atoms in total. The molecule has 0 spiro atoms. The van der Waals surface area contributed by atoms with Gasteiger partial charge in [0.2, 0.25) is 10.9 Å². The van der Waals surface area contributed by atoms with Crippen LogP contribution in [-0.4, -0.2) is 19.8 Å². The van der Waals surface area contributed by atoms with Crippen molar-refractivity contribution in [2.75, 3.05) is 11.7 Å². The number of rotatable bonds is 3. The summed E-state index contributed by atoms with van der Waals surface area (Å²) in [6, 6.07) is 9.65. The molecule has 8 heteroatoms. The monoisotopic (exact) mass is 344 g/mol. The number of sulfone groups is 1. The third-order valence-electron chi connectivity index (χ3n) is 3.50. The van der Waals surface area contributed by atoms with Gasteiger partial charge in [-0.1, -0.05) is 0 Å². The van der Waals surface area contributed by atoms with E-state index >= 15 is 0 Å². The zero-order valence-electron chi connectivity index (χ0n) is 12.5. The number of nitrogens with one attached hydrogen (secondary N) is 1. The van der Waals surface area contributed by atoms with Gasteiger partial charge in [-0.3, -0.25) is 15.0 Å². The summed E-state index contributed by atoms with van der Waals surface area (Å²) < 4.78 is 22.8. The maximum atomic E-state index is 12.2. The van der Waals surface area contributed by atoms with E-state index in [1.165, 1.54) is 42.5 Å². The van der Waals surface area contributed by atoms with Crippen molar-refractivity contribution < 1.29 is 13.5 Å². The van der Waals surface area contributed by atoms with Crippen LogP contribution in [0.5, 0.6) is 5.75 Å². The summed E-state index contributed by atoms with van der Waals surface area (Å²) in [6.07, 6.45) is 1.10. The molecule has 0 heterocycles. The standard InChI is InChI=1S/C16H12N2O5S/c1-24(22,23)11-5-2-9(3-6-11)17-18-14-15(20)12-7-4-10(19)8-13(12)16(14)21/h2-8,17,19H,1H3/b18-14+. The Labute approximate surface area is 136 Å². The lowest BCUT2D eigenvalue weighted by atomic mass is 10.2. The van der Waals surface area contributed by atoms with Crippen molar-refractivity contribution in [3.63, 3.8) is 0 Å². The number of fused-ring (bicyclic) bond motifs is 1. The summed E-state index contributed by atoms with van der Waals surface area (Å²) in [5.74, 6) is -0.111. The Balaban J connectivity index is 2.03. The molecule has 3 aromatic carbocycles. The molecule has 24 heavy (non-hydrogen) atoms. The fourth-order valence-electron chi connectivity index (χ4n) is 2.27. The summed E-state index contributed by atoms with van der Waals surface area (Å²) >= 11 is 0. The van der Waals surface area contributed by atoms with Crippen LogP contribution in [0.1, 0.15) is 0 Å². The van der Waals surface area contributed by atoms with E-state index in [4.69, 9.17) is 0 Å². The SMILES string of the molecule is CS(=O)(=O)c1ccc(N/N=c2\c(=O)c3ccc(O)cc3c2=O)cc1. The smallest absolute Gasteiger partial charge is 0.218 e. The molecule has 0 fully saturated rings. The molecule has 0 atom stereocenters. The van der Waals surface area contributed by atoms with E-state index in [2.05, 4.69) is 10.5 Å². The van der Waals surface area contributed by atoms with Gasteiger partial charge in [0.25, 0.3) is 0 Å². The molecule has 0 amide bonds. The minimum absolute atomic E-state index is 0.105. The lowest BCUT2D eigenvalue weighted by Gasteiger charge is -2.01. The van der Waals surface area contributed by atoms with E-state index < -0.39 is 20.7 Å². The number of hydrogen-bond donors (Lipinski definition) is 2. The Morgan fingerprint density at radius 2 is 1.58 bits per heavy atom. The largest absolute Gasteiger partial charge is 0.508 e. The van der Waals surface area contributed by atoms with Gasteiger partial charge in [0.05, 0.1) is 10.6 Å². The van der Waals surface area contributed by atoms with Gasteiger partial charge >= 0.3 is 0 Å². The molecule has 0 saturated heterocycles. The molecular weight excluding hydrogens is 332 g/mol. The Bertz CT molecular complexity index is 1190. The van der Waals surface area contributed by atoms with Crippen LogP contribution >= 0.6 is 0 Å². The summed E-state index contributed by atoms with van der Waals surface area (Å²) in [7, 11) is -3.30. The van der Waals surface area contributed by atoms with Gasteiger partial charge in [0, 0.05) is 17.0 Å².